The highest BCUT2D eigenvalue weighted by Crippen LogP contribution is 2.30. The Hall–Kier alpha value is -2.09. The van der Waals surface area contributed by atoms with Gasteiger partial charge in [0.25, 0.3) is 0 Å². The summed E-state index contributed by atoms with van der Waals surface area (Å²) in [7, 11) is -1.54. The highest BCUT2D eigenvalue weighted by Gasteiger charge is 2.29. The molecule has 0 aromatic heterocycles. The van der Waals surface area contributed by atoms with Crippen molar-refractivity contribution >= 4 is 15.7 Å². The minimum absolute atomic E-state index is 0.221. The van der Waals surface area contributed by atoms with Gasteiger partial charge in [0.05, 0.1) is 18.6 Å². The van der Waals surface area contributed by atoms with Gasteiger partial charge in [0.15, 0.2) is 0 Å². The van der Waals surface area contributed by atoms with Crippen LogP contribution in [0, 0.1) is 0 Å². The maximum atomic E-state index is 12.3. The lowest BCUT2D eigenvalue weighted by atomic mass is 9.92. The van der Waals surface area contributed by atoms with E-state index in [1.165, 1.54) is 9.87 Å². The molecule has 6 nitrogen and oxygen atoms in total. The SMILES string of the molecule is COc1ccc(N2CCCS2(=O)=O)cc1CN[C@H]1CCCN[C@H]1c1ccccc1. The smallest absolute Gasteiger partial charge is 0.235 e. The molecule has 156 valence electrons. The van der Waals surface area contributed by atoms with Crippen LogP contribution in [-0.2, 0) is 16.6 Å². The molecule has 29 heavy (non-hydrogen) atoms. The number of hydrogen-bond acceptors (Lipinski definition) is 5. The fraction of sp³-hybridized carbons (Fsp3) is 0.455. The average Bonchev–Trinajstić information content (AvgIpc) is 3.12. The van der Waals surface area contributed by atoms with E-state index in [9.17, 15) is 8.42 Å². The Bertz CT molecular complexity index is 934. The van der Waals surface area contributed by atoms with Crippen LogP contribution in [0.3, 0.4) is 0 Å². The van der Waals surface area contributed by atoms with E-state index in [0.29, 0.717) is 25.6 Å². The first-order valence-corrected chi connectivity index (χ1v) is 11.9. The predicted octanol–water partition coefficient (Wildman–Crippen LogP) is 2.82. The molecule has 0 spiro atoms. The molecular formula is C22H29N3O3S. The molecule has 0 radical (unpaired) electrons. The van der Waals surface area contributed by atoms with Gasteiger partial charge in [-0.15, -0.1) is 0 Å². The highest BCUT2D eigenvalue weighted by molar-refractivity contribution is 7.93. The quantitative estimate of drug-likeness (QED) is 0.759. The maximum Gasteiger partial charge on any atom is 0.235 e. The van der Waals surface area contributed by atoms with Crippen molar-refractivity contribution in [2.75, 3.05) is 30.3 Å². The first kappa shape index (κ1) is 20.2. The molecule has 0 bridgehead atoms. The van der Waals surface area contributed by atoms with Gasteiger partial charge in [0.2, 0.25) is 10.0 Å². The van der Waals surface area contributed by atoms with Gasteiger partial charge in [0.1, 0.15) is 5.75 Å². The zero-order valence-corrected chi connectivity index (χ0v) is 17.6. The van der Waals surface area contributed by atoms with Crippen molar-refractivity contribution in [3.63, 3.8) is 0 Å². The monoisotopic (exact) mass is 415 g/mol. The maximum absolute atomic E-state index is 12.3. The molecule has 2 saturated heterocycles. The Morgan fingerprint density at radius 2 is 2.00 bits per heavy atom. The Balaban J connectivity index is 1.53. The van der Waals surface area contributed by atoms with Crippen LogP contribution in [0.5, 0.6) is 5.75 Å². The fourth-order valence-electron chi connectivity index (χ4n) is 4.35. The van der Waals surface area contributed by atoms with Crippen LogP contribution in [0.2, 0.25) is 0 Å². The van der Waals surface area contributed by atoms with Gasteiger partial charge >= 0.3 is 0 Å². The van der Waals surface area contributed by atoms with Crippen LogP contribution in [0.25, 0.3) is 0 Å². The van der Waals surface area contributed by atoms with E-state index in [2.05, 4.69) is 34.9 Å². The molecule has 2 aliphatic heterocycles. The Morgan fingerprint density at radius 1 is 1.17 bits per heavy atom. The summed E-state index contributed by atoms with van der Waals surface area (Å²) in [5.74, 6) is 0.997. The Kier molecular flexibility index (Phi) is 6.08. The zero-order valence-electron chi connectivity index (χ0n) is 16.8. The summed E-state index contributed by atoms with van der Waals surface area (Å²) < 4.78 is 31.7. The second kappa shape index (κ2) is 8.73. The van der Waals surface area contributed by atoms with Crippen LogP contribution in [0.4, 0.5) is 5.69 Å². The average molecular weight is 416 g/mol. The van der Waals surface area contributed by atoms with E-state index in [4.69, 9.17) is 4.74 Å². The second-order valence-electron chi connectivity index (χ2n) is 7.71. The third-order valence-corrected chi connectivity index (χ3v) is 7.69. The first-order chi connectivity index (χ1) is 14.1. The number of sulfonamides is 1. The topological polar surface area (TPSA) is 70.7 Å². The van der Waals surface area contributed by atoms with Crippen LogP contribution in [0.15, 0.2) is 48.5 Å². The van der Waals surface area contributed by atoms with Crippen molar-refractivity contribution in [3.8, 4) is 5.75 Å². The van der Waals surface area contributed by atoms with Crippen molar-refractivity contribution in [2.24, 2.45) is 0 Å². The van der Waals surface area contributed by atoms with Crippen LogP contribution < -0.4 is 19.7 Å². The summed E-state index contributed by atoms with van der Waals surface area (Å²) in [6.45, 7) is 2.19. The summed E-state index contributed by atoms with van der Waals surface area (Å²) >= 11 is 0. The fourth-order valence-corrected chi connectivity index (χ4v) is 5.90. The zero-order chi connectivity index (χ0) is 20.3. The predicted molar refractivity (Wildman–Crippen MR) is 116 cm³/mol. The summed E-state index contributed by atoms with van der Waals surface area (Å²) in [6, 6.07) is 16.7. The van der Waals surface area contributed by atoms with Gasteiger partial charge in [-0.3, -0.25) is 4.31 Å². The molecule has 2 atom stereocenters. The molecule has 0 aliphatic carbocycles. The van der Waals surface area contributed by atoms with Gasteiger partial charge in [-0.1, -0.05) is 30.3 Å². The van der Waals surface area contributed by atoms with Crippen molar-refractivity contribution < 1.29 is 13.2 Å². The van der Waals surface area contributed by atoms with Gasteiger partial charge in [-0.25, -0.2) is 8.42 Å². The Morgan fingerprint density at radius 3 is 2.72 bits per heavy atom. The first-order valence-electron chi connectivity index (χ1n) is 10.3. The van der Waals surface area contributed by atoms with Crippen LogP contribution in [0.1, 0.15) is 36.4 Å². The molecule has 7 heteroatoms. The van der Waals surface area contributed by atoms with E-state index in [1.54, 1.807) is 7.11 Å². The van der Waals surface area contributed by atoms with Crippen molar-refractivity contribution in [1.82, 2.24) is 10.6 Å². The molecule has 0 unspecified atom stereocenters. The minimum Gasteiger partial charge on any atom is -0.496 e. The van der Waals surface area contributed by atoms with Crippen LogP contribution in [-0.4, -0.2) is 40.4 Å². The lowest BCUT2D eigenvalue weighted by Gasteiger charge is -2.34. The molecule has 0 amide bonds. The molecule has 2 fully saturated rings. The molecule has 2 aliphatic rings. The van der Waals surface area contributed by atoms with Gasteiger partial charge in [-0.05, 0) is 49.6 Å². The third-order valence-electron chi connectivity index (χ3n) is 5.82. The van der Waals surface area contributed by atoms with Gasteiger partial charge < -0.3 is 15.4 Å². The minimum atomic E-state index is -3.19. The normalized spacial score (nSPS) is 23.8. The number of nitrogens with zero attached hydrogens (tertiary/aromatic N) is 1. The largest absolute Gasteiger partial charge is 0.496 e. The number of piperidine rings is 1. The van der Waals surface area contributed by atoms with E-state index in [-0.39, 0.29) is 11.8 Å². The third kappa shape index (κ3) is 4.42. The second-order valence-corrected chi connectivity index (χ2v) is 9.72. The number of nitrogens with one attached hydrogen (secondary N) is 2. The summed E-state index contributed by atoms with van der Waals surface area (Å²) in [4.78, 5) is 0. The van der Waals surface area contributed by atoms with Crippen molar-refractivity contribution in [2.45, 2.75) is 37.9 Å². The van der Waals surface area contributed by atoms with Crippen molar-refractivity contribution in [1.29, 1.82) is 0 Å². The number of benzene rings is 2. The van der Waals surface area contributed by atoms with Crippen molar-refractivity contribution in [3.05, 3.63) is 59.7 Å². The number of ether oxygens (including phenoxy) is 1. The molecule has 4 rings (SSSR count). The molecule has 2 N–H and O–H groups in total. The highest BCUT2D eigenvalue weighted by atomic mass is 32.2. The lowest BCUT2D eigenvalue weighted by Crippen LogP contribution is -2.45. The molecule has 2 aromatic rings. The molecule has 0 saturated carbocycles. The standard InChI is InChI=1S/C22H29N3O3S/c1-28-21-11-10-19(25-13-6-14-29(25,26)27)15-18(21)16-24-20-9-5-12-23-22(20)17-7-3-2-4-8-17/h2-4,7-8,10-11,15,20,22-24H,5-6,9,12-14,16H2,1H3/t20-,22-/m0/s1. The van der Waals surface area contributed by atoms with E-state index >= 15 is 0 Å². The summed E-state index contributed by atoms with van der Waals surface area (Å²) in [5.41, 5.74) is 2.99. The molecular weight excluding hydrogens is 386 g/mol. The van der Waals surface area contributed by atoms with E-state index in [1.807, 2.05) is 24.3 Å². The van der Waals surface area contributed by atoms with E-state index in [0.717, 1.165) is 36.4 Å². The van der Waals surface area contributed by atoms with Gasteiger partial charge in [0, 0.05) is 30.7 Å². The number of hydrogen-bond donors (Lipinski definition) is 2. The van der Waals surface area contributed by atoms with Crippen LogP contribution >= 0.6 is 0 Å². The lowest BCUT2D eigenvalue weighted by molar-refractivity contribution is 0.303. The van der Waals surface area contributed by atoms with Gasteiger partial charge in [-0.2, -0.15) is 0 Å². The number of anilines is 1. The molecule has 2 aromatic carbocycles. The molecule has 2 heterocycles. The summed E-state index contributed by atoms with van der Waals surface area (Å²) in [5, 5.41) is 7.33. The Labute approximate surface area is 173 Å². The van der Waals surface area contributed by atoms with E-state index < -0.39 is 10.0 Å². The number of methoxy groups -OCH3 is 1. The summed E-state index contributed by atoms with van der Waals surface area (Å²) in [6.07, 6.45) is 2.90. The number of rotatable bonds is 6.